The molecule has 0 bridgehead atoms. The molecule has 4 saturated carbocycles. The summed E-state index contributed by atoms with van der Waals surface area (Å²) in [6, 6.07) is 0.432. The van der Waals surface area contributed by atoms with Gasteiger partial charge in [-0.25, -0.2) is 0 Å². The fourth-order valence-corrected chi connectivity index (χ4v) is 7.44. The number of carbonyl (C=O) groups is 1. The van der Waals surface area contributed by atoms with E-state index in [9.17, 15) is 4.79 Å². The molecule has 2 heteroatoms. The van der Waals surface area contributed by atoms with Crippen LogP contribution >= 0.6 is 0 Å². The Morgan fingerprint density at radius 1 is 1.09 bits per heavy atom. The first-order chi connectivity index (χ1) is 10.9. The summed E-state index contributed by atoms with van der Waals surface area (Å²) in [4.78, 5) is 12.6. The van der Waals surface area contributed by atoms with Crippen molar-refractivity contribution in [3.8, 4) is 0 Å². The highest BCUT2D eigenvalue weighted by Gasteiger charge is 2.60. The average Bonchev–Trinajstić information content (AvgIpc) is 2.77. The number of allylic oxidation sites excluding steroid dienone is 2. The van der Waals surface area contributed by atoms with Crippen molar-refractivity contribution in [3.63, 3.8) is 0 Å². The molecule has 0 saturated heterocycles. The highest BCUT2D eigenvalue weighted by Crippen LogP contribution is 2.66. The monoisotopic (exact) mass is 315 g/mol. The molecule has 2 nitrogen and oxygen atoms in total. The lowest BCUT2D eigenvalue weighted by molar-refractivity contribution is -0.116. The fraction of sp³-hybridized carbons (Fsp3) is 0.857. The van der Waals surface area contributed by atoms with Crippen molar-refractivity contribution in [3.05, 3.63) is 11.6 Å². The van der Waals surface area contributed by atoms with Gasteiger partial charge in [0.15, 0.2) is 5.78 Å². The molecule has 4 aliphatic carbocycles. The van der Waals surface area contributed by atoms with Gasteiger partial charge in [0.05, 0.1) is 0 Å². The summed E-state index contributed by atoms with van der Waals surface area (Å²) < 4.78 is 0. The Labute approximate surface area is 141 Å². The second kappa shape index (κ2) is 5.18. The molecule has 0 spiro atoms. The topological polar surface area (TPSA) is 43.1 Å². The van der Waals surface area contributed by atoms with Gasteiger partial charge in [-0.15, -0.1) is 0 Å². The van der Waals surface area contributed by atoms with Crippen LogP contribution in [-0.4, -0.2) is 11.8 Å². The number of rotatable bonds is 0. The Hall–Kier alpha value is -0.630. The first-order valence-electron chi connectivity index (χ1n) is 9.85. The summed E-state index contributed by atoms with van der Waals surface area (Å²) in [7, 11) is 0. The van der Waals surface area contributed by atoms with Gasteiger partial charge in [0.1, 0.15) is 0 Å². The number of Topliss-reactive ketones (excluding diaryl/α,β-unsaturated/α-hetero) is 1. The minimum Gasteiger partial charge on any atom is -0.328 e. The van der Waals surface area contributed by atoms with Crippen molar-refractivity contribution in [2.24, 2.45) is 40.2 Å². The van der Waals surface area contributed by atoms with Crippen molar-refractivity contribution in [2.75, 3.05) is 0 Å². The molecule has 0 heterocycles. The Kier molecular flexibility index (Phi) is 3.58. The van der Waals surface area contributed by atoms with Crippen molar-refractivity contribution < 1.29 is 4.79 Å². The van der Waals surface area contributed by atoms with E-state index in [0.29, 0.717) is 23.2 Å². The highest BCUT2D eigenvalue weighted by molar-refractivity contribution is 5.99. The zero-order valence-corrected chi connectivity index (χ0v) is 15.1. The molecule has 4 fully saturated rings. The van der Waals surface area contributed by atoms with Crippen LogP contribution in [0.1, 0.15) is 72.1 Å². The lowest BCUT2D eigenvalue weighted by Gasteiger charge is -2.60. The number of carbonyl (C=O) groups excluding carboxylic acids is 1. The molecule has 4 rings (SSSR count). The van der Waals surface area contributed by atoms with Gasteiger partial charge in [-0.1, -0.05) is 19.9 Å². The third-order valence-electron chi connectivity index (χ3n) is 8.71. The third-order valence-corrected chi connectivity index (χ3v) is 8.71. The molecular formula is C21H33NO. The van der Waals surface area contributed by atoms with E-state index in [1.165, 1.54) is 44.9 Å². The zero-order valence-electron chi connectivity index (χ0n) is 15.1. The molecule has 0 amide bonds. The average molecular weight is 316 g/mol. The van der Waals surface area contributed by atoms with Crippen molar-refractivity contribution >= 4 is 5.78 Å². The van der Waals surface area contributed by atoms with Crippen LogP contribution in [-0.2, 0) is 4.79 Å². The van der Waals surface area contributed by atoms with Crippen LogP contribution in [0.5, 0.6) is 0 Å². The van der Waals surface area contributed by atoms with E-state index in [4.69, 9.17) is 5.73 Å². The predicted molar refractivity (Wildman–Crippen MR) is 93.8 cm³/mol. The summed E-state index contributed by atoms with van der Waals surface area (Å²) in [5.74, 6) is 3.48. The predicted octanol–water partition coefficient (Wildman–Crippen LogP) is 4.48. The lowest BCUT2D eigenvalue weighted by Crippen LogP contribution is -2.54. The molecule has 4 aliphatic rings. The van der Waals surface area contributed by atoms with Gasteiger partial charge in [0, 0.05) is 12.5 Å². The van der Waals surface area contributed by atoms with E-state index in [1.807, 2.05) is 0 Å². The lowest BCUT2D eigenvalue weighted by atomic mass is 9.45. The van der Waals surface area contributed by atoms with Gasteiger partial charge in [0.25, 0.3) is 0 Å². The van der Waals surface area contributed by atoms with E-state index >= 15 is 0 Å². The number of ketones is 1. The van der Waals surface area contributed by atoms with Crippen LogP contribution in [0.25, 0.3) is 0 Å². The summed E-state index contributed by atoms with van der Waals surface area (Å²) in [6.07, 6.45) is 11.9. The molecule has 0 aliphatic heterocycles. The van der Waals surface area contributed by atoms with Crippen LogP contribution in [0.3, 0.4) is 0 Å². The second-order valence-electron chi connectivity index (χ2n) is 9.48. The normalized spacial score (nSPS) is 54.5. The minimum absolute atomic E-state index is 0.168. The maximum Gasteiger partial charge on any atom is 0.159 e. The molecule has 0 aromatic carbocycles. The maximum absolute atomic E-state index is 12.6. The van der Waals surface area contributed by atoms with Gasteiger partial charge in [-0.05, 0) is 91.9 Å². The van der Waals surface area contributed by atoms with E-state index in [1.54, 1.807) is 0 Å². The molecular weight excluding hydrogens is 282 g/mol. The molecule has 0 aromatic rings. The van der Waals surface area contributed by atoms with Crippen molar-refractivity contribution in [1.82, 2.24) is 0 Å². The van der Waals surface area contributed by atoms with Crippen LogP contribution in [0.4, 0.5) is 0 Å². The van der Waals surface area contributed by atoms with Gasteiger partial charge < -0.3 is 5.73 Å². The summed E-state index contributed by atoms with van der Waals surface area (Å²) in [5.41, 5.74) is 8.09. The molecule has 0 aromatic heterocycles. The summed E-state index contributed by atoms with van der Waals surface area (Å²) in [6.45, 7) is 7.02. The fourth-order valence-electron chi connectivity index (χ4n) is 7.44. The van der Waals surface area contributed by atoms with Crippen LogP contribution in [0.2, 0.25) is 0 Å². The van der Waals surface area contributed by atoms with E-state index in [0.717, 1.165) is 29.7 Å². The summed E-state index contributed by atoms with van der Waals surface area (Å²) >= 11 is 0. The Bertz CT molecular complexity index is 552. The molecule has 2 N–H and O–H groups in total. The Balaban J connectivity index is 1.66. The molecule has 23 heavy (non-hydrogen) atoms. The van der Waals surface area contributed by atoms with Gasteiger partial charge in [-0.2, -0.15) is 0 Å². The quantitative estimate of drug-likeness (QED) is 0.670. The Morgan fingerprint density at radius 3 is 2.61 bits per heavy atom. The van der Waals surface area contributed by atoms with Crippen molar-refractivity contribution in [1.29, 1.82) is 0 Å². The molecule has 0 radical (unpaired) electrons. The van der Waals surface area contributed by atoms with E-state index in [2.05, 4.69) is 26.8 Å². The van der Waals surface area contributed by atoms with Gasteiger partial charge >= 0.3 is 0 Å². The molecule has 1 unspecified atom stereocenters. The molecule has 7 atom stereocenters. The van der Waals surface area contributed by atoms with Gasteiger partial charge in [0.2, 0.25) is 0 Å². The smallest absolute Gasteiger partial charge is 0.159 e. The van der Waals surface area contributed by atoms with Crippen LogP contribution < -0.4 is 5.73 Å². The first kappa shape index (κ1) is 15.9. The van der Waals surface area contributed by atoms with E-state index < -0.39 is 0 Å². The van der Waals surface area contributed by atoms with Crippen LogP contribution in [0.15, 0.2) is 11.6 Å². The van der Waals surface area contributed by atoms with E-state index in [-0.39, 0.29) is 5.41 Å². The van der Waals surface area contributed by atoms with Crippen LogP contribution in [0, 0.1) is 34.5 Å². The van der Waals surface area contributed by atoms with Crippen molar-refractivity contribution in [2.45, 2.75) is 78.2 Å². The number of fused-ring (bicyclic) bond motifs is 5. The standard InChI is InChI=1S/C21H33NO/c1-4-16-19(23)12-18-15-6-5-13-11-14(22)7-9-20(13,2)17(15)8-10-21(16,18)3/h4,13-15,17-18H,5-12,22H2,1-3H3/b16-4-/t13?,14-,15+,17-,18-,20-,21+/m0/s1. The largest absolute Gasteiger partial charge is 0.328 e. The van der Waals surface area contributed by atoms with Gasteiger partial charge in [-0.3, -0.25) is 4.79 Å². The highest BCUT2D eigenvalue weighted by atomic mass is 16.1. The molecule has 128 valence electrons. The zero-order chi connectivity index (χ0) is 16.4. The second-order valence-corrected chi connectivity index (χ2v) is 9.48. The first-order valence-corrected chi connectivity index (χ1v) is 9.85. The third kappa shape index (κ3) is 2.06. The number of hydrogen-bond acceptors (Lipinski definition) is 2. The number of nitrogens with two attached hydrogens (primary N) is 1. The number of hydrogen-bond donors (Lipinski definition) is 1. The maximum atomic E-state index is 12.6. The Morgan fingerprint density at radius 2 is 1.87 bits per heavy atom. The SMILES string of the molecule is C/C=C1/C(=O)C[C@H]2[C@@H]3CCC4C[C@@H](N)CC[C@]4(C)[C@H]3CC[C@]12C. The minimum atomic E-state index is 0.168. The summed E-state index contributed by atoms with van der Waals surface area (Å²) in [5, 5.41) is 0.